The van der Waals surface area contributed by atoms with Gasteiger partial charge in [0.25, 0.3) is 0 Å². The minimum absolute atomic E-state index is 0.350. The number of nitrogens with two attached hydrogens (primary N) is 1. The van der Waals surface area contributed by atoms with Crippen molar-refractivity contribution in [1.82, 2.24) is 4.90 Å². The Hall–Kier alpha value is -1.30. The lowest BCUT2D eigenvalue weighted by atomic mass is 9.95. The fourth-order valence-corrected chi connectivity index (χ4v) is 3.25. The lowest BCUT2D eigenvalue weighted by molar-refractivity contribution is 0.177. The standard InChI is InChI=1S/C16H26N2O3/c1-18-9-11(8-17)7-14(18)12-5-6-15(20-3)16(21-4)13(12)10-19-2/h5-6,11,14H,7-10,17H2,1-4H3. The minimum Gasteiger partial charge on any atom is -0.493 e. The van der Waals surface area contributed by atoms with Gasteiger partial charge in [0.1, 0.15) is 0 Å². The second kappa shape index (κ2) is 7.11. The first-order valence-corrected chi connectivity index (χ1v) is 7.29. The van der Waals surface area contributed by atoms with Gasteiger partial charge >= 0.3 is 0 Å². The van der Waals surface area contributed by atoms with Crippen molar-refractivity contribution in [1.29, 1.82) is 0 Å². The summed E-state index contributed by atoms with van der Waals surface area (Å²) in [6.45, 7) is 2.27. The number of benzene rings is 1. The molecule has 2 unspecified atom stereocenters. The third kappa shape index (κ3) is 3.15. The van der Waals surface area contributed by atoms with Crippen LogP contribution in [0.1, 0.15) is 23.6 Å². The molecule has 1 saturated heterocycles. The highest BCUT2D eigenvalue weighted by atomic mass is 16.5. The molecule has 2 atom stereocenters. The fraction of sp³-hybridized carbons (Fsp3) is 0.625. The first-order valence-electron chi connectivity index (χ1n) is 7.29. The van der Waals surface area contributed by atoms with Crippen LogP contribution in [0.3, 0.4) is 0 Å². The summed E-state index contributed by atoms with van der Waals surface area (Å²) in [5, 5.41) is 0. The summed E-state index contributed by atoms with van der Waals surface area (Å²) in [4.78, 5) is 2.36. The molecule has 1 aliphatic rings. The van der Waals surface area contributed by atoms with E-state index < -0.39 is 0 Å². The Balaban J connectivity index is 2.43. The molecule has 0 amide bonds. The average Bonchev–Trinajstić information content (AvgIpc) is 2.88. The number of hydrogen-bond acceptors (Lipinski definition) is 5. The molecular formula is C16H26N2O3. The molecular weight excluding hydrogens is 268 g/mol. The lowest BCUT2D eigenvalue weighted by Gasteiger charge is -2.24. The zero-order valence-corrected chi connectivity index (χ0v) is 13.4. The molecule has 2 rings (SSSR count). The maximum Gasteiger partial charge on any atom is 0.166 e. The number of likely N-dealkylation sites (tertiary alicyclic amines) is 1. The van der Waals surface area contributed by atoms with Crippen molar-refractivity contribution < 1.29 is 14.2 Å². The van der Waals surface area contributed by atoms with Gasteiger partial charge in [0, 0.05) is 25.3 Å². The third-order valence-electron chi connectivity index (χ3n) is 4.30. The van der Waals surface area contributed by atoms with Gasteiger partial charge in [-0.25, -0.2) is 0 Å². The van der Waals surface area contributed by atoms with Crippen molar-refractivity contribution in [2.45, 2.75) is 19.1 Å². The predicted molar refractivity (Wildman–Crippen MR) is 82.8 cm³/mol. The maximum atomic E-state index is 5.84. The molecule has 0 aromatic heterocycles. The topological polar surface area (TPSA) is 57.0 Å². The van der Waals surface area contributed by atoms with Crippen LogP contribution in [0.4, 0.5) is 0 Å². The second-order valence-electron chi connectivity index (χ2n) is 5.59. The normalized spacial score (nSPS) is 22.5. The van der Waals surface area contributed by atoms with Crippen LogP contribution in [0, 0.1) is 5.92 Å². The van der Waals surface area contributed by atoms with Crippen LogP contribution in [-0.4, -0.2) is 46.4 Å². The van der Waals surface area contributed by atoms with E-state index in [2.05, 4.69) is 18.0 Å². The monoisotopic (exact) mass is 294 g/mol. The van der Waals surface area contributed by atoms with E-state index in [1.54, 1.807) is 21.3 Å². The molecule has 118 valence electrons. The fourth-order valence-electron chi connectivity index (χ4n) is 3.25. The van der Waals surface area contributed by atoms with Crippen molar-refractivity contribution in [3.05, 3.63) is 23.3 Å². The lowest BCUT2D eigenvalue weighted by Crippen LogP contribution is -2.21. The summed E-state index contributed by atoms with van der Waals surface area (Å²) in [5.41, 5.74) is 8.15. The van der Waals surface area contributed by atoms with Gasteiger partial charge in [0.05, 0.1) is 20.8 Å². The van der Waals surface area contributed by atoms with Gasteiger partial charge in [-0.15, -0.1) is 0 Å². The summed E-state index contributed by atoms with van der Waals surface area (Å²) in [7, 11) is 7.17. The van der Waals surface area contributed by atoms with Gasteiger partial charge in [-0.2, -0.15) is 0 Å². The maximum absolute atomic E-state index is 5.84. The summed E-state index contributed by atoms with van der Waals surface area (Å²) in [6, 6.07) is 4.44. The van der Waals surface area contributed by atoms with Gasteiger partial charge in [0.15, 0.2) is 11.5 Å². The molecule has 21 heavy (non-hydrogen) atoms. The van der Waals surface area contributed by atoms with Crippen LogP contribution < -0.4 is 15.2 Å². The quantitative estimate of drug-likeness (QED) is 0.867. The molecule has 5 heteroatoms. The molecule has 1 aromatic rings. The first-order chi connectivity index (χ1) is 10.2. The summed E-state index contributed by atoms with van der Waals surface area (Å²) >= 11 is 0. The smallest absolute Gasteiger partial charge is 0.166 e. The van der Waals surface area contributed by atoms with Crippen molar-refractivity contribution in [2.75, 3.05) is 41.5 Å². The number of methoxy groups -OCH3 is 3. The van der Waals surface area contributed by atoms with Crippen LogP contribution in [-0.2, 0) is 11.3 Å². The van der Waals surface area contributed by atoms with Gasteiger partial charge < -0.3 is 19.9 Å². The molecule has 0 bridgehead atoms. The van der Waals surface area contributed by atoms with E-state index >= 15 is 0 Å². The highest BCUT2D eigenvalue weighted by Gasteiger charge is 2.32. The minimum atomic E-state index is 0.350. The van der Waals surface area contributed by atoms with Gasteiger partial charge in [-0.3, -0.25) is 4.90 Å². The number of hydrogen-bond donors (Lipinski definition) is 1. The molecule has 0 aliphatic carbocycles. The molecule has 2 N–H and O–H groups in total. The van der Waals surface area contributed by atoms with Crippen LogP contribution >= 0.6 is 0 Å². The molecule has 1 aromatic carbocycles. The number of ether oxygens (including phenoxy) is 3. The predicted octanol–water partition coefficient (Wildman–Crippen LogP) is 1.80. The van der Waals surface area contributed by atoms with Crippen molar-refractivity contribution in [3.63, 3.8) is 0 Å². The molecule has 0 radical (unpaired) electrons. The van der Waals surface area contributed by atoms with E-state index in [1.807, 2.05) is 6.07 Å². The Morgan fingerprint density at radius 1 is 1.24 bits per heavy atom. The molecule has 0 spiro atoms. The van der Waals surface area contributed by atoms with E-state index in [9.17, 15) is 0 Å². The van der Waals surface area contributed by atoms with Crippen molar-refractivity contribution in [3.8, 4) is 11.5 Å². The first kappa shape index (κ1) is 16.1. The molecule has 1 heterocycles. The molecule has 5 nitrogen and oxygen atoms in total. The summed E-state index contributed by atoms with van der Waals surface area (Å²) in [5.74, 6) is 2.05. The highest BCUT2D eigenvalue weighted by Crippen LogP contribution is 2.41. The largest absolute Gasteiger partial charge is 0.493 e. The SMILES string of the molecule is COCc1c(C2CC(CN)CN2C)ccc(OC)c1OC. The van der Waals surface area contributed by atoms with Crippen LogP contribution in [0.5, 0.6) is 11.5 Å². The summed E-state index contributed by atoms with van der Waals surface area (Å²) < 4.78 is 16.3. The Morgan fingerprint density at radius 3 is 2.52 bits per heavy atom. The van der Waals surface area contributed by atoms with E-state index in [4.69, 9.17) is 19.9 Å². The average molecular weight is 294 g/mol. The molecule has 1 aliphatic heterocycles. The zero-order valence-electron chi connectivity index (χ0n) is 13.4. The van der Waals surface area contributed by atoms with E-state index in [0.29, 0.717) is 18.6 Å². The third-order valence-corrected chi connectivity index (χ3v) is 4.30. The van der Waals surface area contributed by atoms with E-state index in [-0.39, 0.29) is 0 Å². The highest BCUT2D eigenvalue weighted by molar-refractivity contribution is 5.51. The summed E-state index contributed by atoms with van der Waals surface area (Å²) in [6.07, 6.45) is 1.07. The number of rotatable bonds is 6. The molecule has 0 saturated carbocycles. The Labute approximate surface area is 127 Å². The Morgan fingerprint density at radius 2 is 2.00 bits per heavy atom. The van der Waals surface area contributed by atoms with Crippen LogP contribution in [0.25, 0.3) is 0 Å². The Kier molecular flexibility index (Phi) is 5.45. The Bertz CT molecular complexity index is 479. The van der Waals surface area contributed by atoms with Crippen LogP contribution in [0.2, 0.25) is 0 Å². The van der Waals surface area contributed by atoms with Gasteiger partial charge in [-0.1, -0.05) is 6.07 Å². The second-order valence-corrected chi connectivity index (χ2v) is 5.59. The zero-order chi connectivity index (χ0) is 15.4. The number of nitrogens with zero attached hydrogens (tertiary/aromatic N) is 1. The van der Waals surface area contributed by atoms with Crippen LogP contribution in [0.15, 0.2) is 12.1 Å². The van der Waals surface area contributed by atoms with Gasteiger partial charge in [-0.05, 0) is 37.6 Å². The van der Waals surface area contributed by atoms with E-state index in [0.717, 1.165) is 36.6 Å². The van der Waals surface area contributed by atoms with Crippen molar-refractivity contribution >= 4 is 0 Å². The molecule has 1 fully saturated rings. The van der Waals surface area contributed by atoms with Gasteiger partial charge in [0.2, 0.25) is 0 Å². The van der Waals surface area contributed by atoms with E-state index in [1.165, 1.54) is 5.56 Å². The van der Waals surface area contributed by atoms with Crippen molar-refractivity contribution in [2.24, 2.45) is 11.7 Å².